The van der Waals surface area contributed by atoms with Gasteiger partial charge in [0.15, 0.2) is 0 Å². The SMILES string of the molecule is CCN(Cc1ccncc1)c1c(F)cccc1CO. The largest absolute Gasteiger partial charge is 0.392 e. The standard InChI is InChI=1S/C15H17FN2O/c1-2-18(10-12-6-8-17-9-7-12)15-13(11-19)4-3-5-14(15)16/h3-9,19H,2,10-11H2,1H3. The molecule has 2 rings (SSSR count). The molecule has 0 saturated carbocycles. The highest BCUT2D eigenvalue weighted by atomic mass is 19.1. The van der Waals surface area contributed by atoms with Crippen LogP contribution in [0.2, 0.25) is 0 Å². The van der Waals surface area contributed by atoms with Gasteiger partial charge < -0.3 is 10.0 Å². The second-order valence-electron chi connectivity index (χ2n) is 4.28. The van der Waals surface area contributed by atoms with Crippen LogP contribution >= 0.6 is 0 Å². The fraction of sp³-hybridized carbons (Fsp3) is 0.267. The molecule has 1 N–H and O–H groups in total. The molecule has 0 saturated heterocycles. The summed E-state index contributed by atoms with van der Waals surface area (Å²) in [6.07, 6.45) is 3.44. The number of para-hydroxylation sites is 1. The van der Waals surface area contributed by atoms with Crippen LogP contribution in [-0.4, -0.2) is 16.6 Å². The number of pyridine rings is 1. The van der Waals surface area contributed by atoms with E-state index in [0.717, 1.165) is 5.56 Å². The van der Waals surface area contributed by atoms with E-state index >= 15 is 0 Å². The van der Waals surface area contributed by atoms with Gasteiger partial charge in [-0.25, -0.2) is 4.39 Å². The maximum atomic E-state index is 14.0. The molecule has 19 heavy (non-hydrogen) atoms. The van der Waals surface area contributed by atoms with Crippen LogP contribution in [0.25, 0.3) is 0 Å². The predicted octanol–water partition coefficient (Wildman–Crippen LogP) is 2.74. The molecule has 4 heteroatoms. The van der Waals surface area contributed by atoms with Crippen LogP contribution in [0.15, 0.2) is 42.7 Å². The number of anilines is 1. The molecule has 100 valence electrons. The number of aliphatic hydroxyl groups excluding tert-OH is 1. The summed E-state index contributed by atoms with van der Waals surface area (Å²) in [5.74, 6) is -0.303. The zero-order chi connectivity index (χ0) is 13.7. The second-order valence-corrected chi connectivity index (χ2v) is 4.28. The number of hydrogen-bond acceptors (Lipinski definition) is 3. The number of aromatic nitrogens is 1. The zero-order valence-electron chi connectivity index (χ0n) is 10.9. The summed E-state index contributed by atoms with van der Waals surface area (Å²) in [4.78, 5) is 5.88. The number of benzene rings is 1. The summed E-state index contributed by atoms with van der Waals surface area (Å²) in [5.41, 5.74) is 2.14. The lowest BCUT2D eigenvalue weighted by molar-refractivity contribution is 0.281. The van der Waals surface area contributed by atoms with Gasteiger partial charge in [-0.15, -0.1) is 0 Å². The molecule has 0 unspecified atom stereocenters. The quantitative estimate of drug-likeness (QED) is 0.898. The van der Waals surface area contributed by atoms with E-state index < -0.39 is 0 Å². The Balaban J connectivity index is 2.32. The molecule has 0 amide bonds. The normalized spacial score (nSPS) is 10.5. The van der Waals surface area contributed by atoms with Gasteiger partial charge in [0.05, 0.1) is 12.3 Å². The lowest BCUT2D eigenvalue weighted by Gasteiger charge is -2.26. The van der Waals surface area contributed by atoms with Crippen LogP contribution in [0, 0.1) is 5.82 Å². The molecule has 3 nitrogen and oxygen atoms in total. The highest BCUT2D eigenvalue weighted by molar-refractivity contribution is 5.55. The molecule has 0 atom stereocenters. The van der Waals surface area contributed by atoms with Crippen LogP contribution < -0.4 is 4.90 Å². The van der Waals surface area contributed by atoms with Gasteiger partial charge in [-0.3, -0.25) is 4.98 Å². The predicted molar refractivity (Wildman–Crippen MR) is 73.3 cm³/mol. The van der Waals surface area contributed by atoms with Gasteiger partial charge in [0, 0.05) is 31.0 Å². The number of aliphatic hydroxyl groups is 1. The van der Waals surface area contributed by atoms with E-state index in [1.807, 2.05) is 24.0 Å². The molecular formula is C15H17FN2O. The fourth-order valence-electron chi connectivity index (χ4n) is 2.10. The minimum atomic E-state index is -0.303. The van der Waals surface area contributed by atoms with Crippen molar-refractivity contribution >= 4 is 5.69 Å². The van der Waals surface area contributed by atoms with Crippen LogP contribution in [0.1, 0.15) is 18.1 Å². The molecule has 1 heterocycles. The van der Waals surface area contributed by atoms with Crippen LogP contribution in [-0.2, 0) is 13.2 Å². The van der Waals surface area contributed by atoms with Crippen LogP contribution in [0.5, 0.6) is 0 Å². The Bertz CT molecular complexity index is 531. The monoisotopic (exact) mass is 260 g/mol. The summed E-state index contributed by atoms with van der Waals surface area (Å²) >= 11 is 0. The third-order valence-electron chi connectivity index (χ3n) is 3.06. The molecule has 0 radical (unpaired) electrons. The van der Waals surface area contributed by atoms with E-state index in [1.54, 1.807) is 24.5 Å². The van der Waals surface area contributed by atoms with Gasteiger partial charge in [-0.05, 0) is 30.7 Å². The first kappa shape index (κ1) is 13.5. The minimum absolute atomic E-state index is 0.167. The Kier molecular flexibility index (Phi) is 4.47. The molecule has 0 aliphatic carbocycles. The minimum Gasteiger partial charge on any atom is -0.392 e. The first-order chi connectivity index (χ1) is 9.26. The summed E-state index contributed by atoms with van der Waals surface area (Å²) in [6, 6.07) is 8.59. The maximum Gasteiger partial charge on any atom is 0.146 e. The molecule has 0 aliphatic rings. The van der Waals surface area contributed by atoms with Gasteiger partial charge in [0.2, 0.25) is 0 Å². The highest BCUT2D eigenvalue weighted by Gasteiger charge is 2.14. The van der Waals surface area contributed by atoms with E-state index in [-0.39, 0.29) is 12.4 Å². The average molecular weight is 260 g/mol. The van der Waals surface area contributed by atoms with Crippen LogP contribution in [0.3, 0.4) is 0 Å². The molecule has 1 aromatic carbocycles. The Morgan fingerprint density at radius 1 is 1.21 bits per heavy atom. The zero-order valence-corrected chi connectivity index (χ0v) is 10.9. The summed E-state index contributed by atoms with van der Waals surface area (Å²) in [5, 5.41) is 9.35. The Morgan fingerprint density at radius 2 is 1.95 bits per heavy atom. The smallest absolute Gasteiger partial charge is 0.146 e. The number of hydrogen-bond donors (Lipinski definition) is 1. The van der Waals surface area contributed by atoms with E-state index in [9.17, 15) is 9.50 Å². The molecule has 0 fully saturated rings. The van der Waals surface area contributed by atoms with E-state index in [0.29, 0.717) is 24.3 Å². The first-order valence-electron chi connectivity index (χ1n) is 6.28. The number of halogens is 1. The molecular weight excluding hydrogens is 243 g/mol. The Labute approximate surface area is 112 Å². The molecule has 0 bridgehead atoms. The van der Waals surface area contributed by atoms with Crippen molar-refractivity contribution in [2.24, 2.45) is 0 Å². The highest BCUT2D eigenvalue weighted by Crippen LogP contribution is 2.26. The lowest BCUT2D eigenvalue weighted by atomic mass is 10.1. The molecule has 1 aromatic heterocycles. The first-order valence-corrected chi connectivity index (χ1v) is 6.28. The van der Waals surface area contributed by atoms with Gasteiger partial charge in [-0.2, -0.15) is 0 Å². The maximum absolute atomic E-state index is 14.0. The van der Waals surface area contributed by atoms with E-state index in [2.05, 4.69) is 4.98 Å². The van der Waals surface area contributed by atoms with E-state index in [4.69, 9.17) is 0 Å². The van der Waals surface area contributed by atoms with Gasteiger partial charge >= 0.3 is 0 Å². The fourth-order valence-corrected chi connectivity index (χ4v) is 2.10. The van der Waals surface area contributed by atoms with Crippen molar-refractivity contribution in [1.82, 2.24) is 4.98 Å². The summed E-state index contributed by atoms with van der Waals surface area (Å²) < 4.78 is 14.0. The second kappa shape index (κ2) is 6.29. The van der Waals surface area contributed by atoms with Crippen molar-refractivity contribution in [2.45, 2.75) is 20.1 Å². The van der Waals surface area contributed by atoms with Crippen molar-refractivity contribution in [2.75, 3.05) is 11.4 Å². The number of nitrogens with zero attached hydrogens (tertiary/aromatic N) is 2. The van der Waals surface area contributed by atoms with Crippen LogP contribution in [0.4, 0.5) is 10.1 Å². The lowest BCUT2D eigenvalue weighted by Crippen LogP contribution is -2.24. The molecule has 0 aliphatic heterocycles. The van der Waals surface area contributed by atoms with Crippen molar-refractivity contribution in [3.63, 3.8) is 0 Å². The van der Waals surface area contributed by atoms with Gasteiger partial charge in [0.25, 0.3) is 0 Å². The molecule has 2 aromatic rings. The van der Waals surface area contributed by atoms with Crippen molar-refractivity contribution in [1.29, 1.82) is 0 Å². The molecule has 0 spiro atoms. The topological polar surface area (TPSA) is 36.4 Å². The summed E-state index contributed by atoms with van der Waals surface area (Å²) in [7, 11) is 0. The van der Waals surface area contributed by atoms with Crippen molar-refractivity contribution in [3.05, 3.63) is 59.7 Å². The third-order valence-corrected chi connectivity index (χ3v) is 3.06. The van der Waals surface area contributed by atoms with Crippen molar-refractivity contribution < 1.29 is 9.50 Å². The average Bonchev–Trinajstić information content (AvgIpc) is 2.46. The summed E-state index contributed by atoms with van der Waals surface area (Å²) in [6.45, 7) is 3.05. The Hall–Kier alpha value is -1.94. The third kappa shape index (κ3) is 3.09. The van der Waals surface area contributed by atoms with Gasteiger partial charge in [-0.1, -0.05) is 12.1 Å². The number of rotatable bonds is 5. The Morgan fingerprint density at radius 3 is 2.58 bits per heavy atom. The van der Waals surface area contributed by atoms with Gasteiger partial charge in [0.1, 0.15) is 5.82 Å². The van der Waals surface area contributed by atoms with E-state index in [1.165, 1.54) is 6.07 Å². The van der Waals surface area contributed by atoms with Crippen molar-refractivity contribution in [3.8, 4) is 0 Å².